The van der Waals surface area contributed by atoms with E-state index >= 15 is 0 Å². The molecule has 16 heavy (non-hydrogen) atoms. The maximum atomic E-state index is 3.47. The molecular weight excluding hydrogens is 198 g/mol. The number of rotatable bonds is 4. The van der Waals surface area contributed by atoms with E-state index in [0.717, 1.165) is 11.8 Å². The molecule has 0 bridgehead atoms. The summed E-state index contributed by atoms with van der Waals surface area (Å²) >= 11 is 0. The van der Waals surface area contributed by atoms with Crippen molar-refractivity contribution >= 4 is 0 Å². The molecule has 0 radical (unpaired) electrons. The van der Waals surface area contributed by atoms with Crippen LogP contribution in [-0.4, -0.2) is 62.2 Å². The van der Waals surface area contributed by atoms with Gasteiger partial charge in [-0.3, -0.25) is 0 Å². The number of hydrogen-bond donors (Lipinski definition) is 1. The molecule has 1 N–H and O–H groups in total. The molecule has 3 fully saturated rings. The van der Waals surface area contributed by atoms with Gasteiger partial charge < -0.3 is 15.1 Å². The molecule has 92 valence electrons. The largest absolute Gasteiger partial charge is 0.316 e. The second-order valence-corrected chi connectivity index (χ2v) is 5.90. The van der Waals surface area contributed by atoms with Crippen LogP contribution in [0.5, 0.6) is 0 Å². The zero-order valence-electron chi connectivity index (χ0n) is 10.3. The van der Waals surface area contributed by atoms with Crippen molar-refractivity contribution in [3.8, 4) is 0 Å². The Balaban J connectivity index is 1.36. The van der Waals surface area contributed by atoms with Crippen molar-refractivity contribution in [3.63, 3.8) is 0 Å². The summed E-state index contributed by atoms with van der Waals surface area (Å²) < 4.78 is 0. The van der Waals surface area contributed by atoms with Crippen LogP contribution in [0.15, 0.2) is 0 Å². The van der Waals surface area contributed by atoms with E-state index < -0.39 is 0 Å². The highest BCUT2D eigenvalue weighted by Gasteiger charge is 2.27. The average Bonchev–Trinajstić information content (AvgIpc) is 2.96. The van der Waals surface area contributed by atoms with E-state index in [2.05, 4.69) is 15.1 Å². The molecule has 0 aromatic carbocycles. The van der Waals surface area contributed by atoms with Gasteiger partial charge in [-0.2, -0.15) is 0 Å². The van der Waals surface area contributed by atoms with Crippen LogP contribution in [0.4, 0.5) is 0 Å². The van der Waals surface area contributed by atoms with Gasteiger partial charge in [0, 0.05) is 39.3 Å². The van der Waals surface area contributed by atoms with E-state index in [1.807, 2.05) is 0 Å². The van der Waals surface area contributed by atoms with E-state index in [1.54, 1.807) is 0 Å². The lowest BCUT2D eigenvalue weighted by atomic mass is 10.1. The van der Waals surface area contributed by atoms with Crippen molar-refractivity contribution in [2.24, 2.45) is 11.8 Å². The Labute approximate surface area is 99.2 Å². The Hall–Kier alpha value is -0.120. The fourth-order valence-corrected chi connectivity index (χ4v) is 3.06. The summed E-state index contributed by atoms with van der Waals surface area (Å²) in [6.45, 7) is 10.5. The van der Waals surface area contributed by atoms with E-state index in [-0.39, 0.29) is 0 Å². The van der Waals surface area contributed by atoms with Gasteiger partial charge in [-0.25, -0.2) is 0 Å². The smallest absolute Gasteiger partial charge is 0.0110 e. The highest BCUT2D eigenvalue weighted by Crippen LogP contribution is 2.29. The third-order valence-electron chi connectivity index (χ3n) is 4.36. The van der Waals surface area contributed by atoms with Gasteiger partial charge in [-0.1, -0.05) is 0 Å². The minimum atomic E-state index is 0.926. The quantitative estimate of drug-likeness (QED) is 0.754. The van der Waals surface area contributed by atoms with Crippen LogP contribution in [0.3, 0.4) is 0 Å². The van der Waals surface area contributed by atoms with Crippen molar-refractivity contribution in [2.75, 3.05) is 52.4 Å². The maximum Gasteiger partial charge on any atom is 0.0110 e. The molecule has 0 aromatic rings. The van der Waals surface area contributed by atoms with Gasteiger partial charge in [0.2, 0.25) is 0 Å². The normalized spacial score (nSPS) is 33.4. The standard InChI is InChI=1S/C13H25N3/c1-2-12(1)10-15-5-7-16(8-6-15)11-13-3-4-14-9-13/h12-14H,1-11H2. The first-order valence-corrected chi connectivity index (χ1v) is 7.05. The van der Waals surface area contributed by atoms with Gasteiger partial charge in [0.05, 0.1) is 0 Å². The first-order chi connectivity index (χ1) is 7.90. The molecule has 2 saturated heterocycles. The summed E-state index contributed by atoms with van der Waals surface area (Å²) in [7, 11) is 0. The van der Waals surface area contributed by atoms with Crippen LogP contribution in [-0.2, 0) is 0 Å². The number of nitrogens with one attached hydrogen (secondary N) is 1. The predicted octanol–water partition coefficient (Wildman–Crippen LogP) is 0.624. The Morgan fingerprint density at radius 2 is 1.44 bits per heavy atom. The third-order valence-corrected chi connectivity index (χ3v) is 4.36. The molecule has 0 spiro atoms. The van der Waals surface area contributed by atoms with Gasteiger partial charge in [-0.05, 0) is 44.2 Å². The topological polar surface area (TPSA) is 18.5 Å². The van der Waals surface area contributed by atoms with Crippen LogP contribution in [0.25, 0.3) is 0 Å². The van der Waals surface area contributed by atoms with Crippen molar-refractivity contribution in [1.29, 1.82) is 0 Å². The zero-order chi connectivity index (χ0) is 10.8. The summed E-state index contributed by atoms with van der Waals surface area (Å²) in [5.74, 6) is 1.99. The van der Waals surface area contributed by atoms with Crippen LogP contribution >= 0.6 is 0 Å². The van der Waals surface area contributed by atoms with Crippen molar-refractivity contribution in [2.45, 2.75) is 19.3 Å². The first kappa shape index (κ1) is 11.0. The SMILES string of the molecule is C1CC(CN2CCN(CC3CC3)CC2)CN1. The van der Waals surface area contributed by atoms with Crippen LogP contribution < -0.4 is 5.32 Å². The fourth-order valence-electron chi connectivity index (χ4n) is 3.06. The summed E-state index contributed by atoms with van der Waals surface area (Å²) in [6.07, 6.45) is 4.38. The van der Waals surface area contributed by atoms with Gasteiger partial charge in [0.15, 0.2) is 0 Å². The van der Waals surface area contributed by atoms with E-state index in [4.69, 9.17) is 0 Å². The average molecular weight is 223 g/mol. The van der Waals surface area contributed by atoms with Crippen molar-refractivity contribution in [3.05, 3.63) is 0 Å². The van der Waals surface area contributed by atoms with Gasteiger partial charge >= 0.3 is 0 Å². The Morgan fingerprint density at radius 1 is 0.812 bits per heavy atom. The lowest BCUT2D eigenvalue weighted by Crippen LogP contribution is -2.48. The second-order valence-electron chi connectivity index (χ2n) is 5.90. The maximum absolute atomic E-state index is 3.47. The Bertz CT molecular complexity index is 213. The summed E-state index contributed by atoms with van der Waals surface area (Å²) in [5, 5.41) is 3.47. The minimum absolute atomic E-state index is 0.926. The van der Waals surface area contributed by atoms with Crippen LogP contribution in [0, 0.1) is 11.8 Å². The van der Waals surface area contributed by atoms with Crippen molar-refractivity contribution < 1.29 is 0 Å². The molecule has 3 heteroatoms. The minimum Gasteiger partial charge on any atom is -0.316 e. The van der Waals surface area contributed by atoms with Gasteiger partial charge in [-0.15, -0.1) is 0 Å². The number of hydrogen-bond acceptors (Lipinski definition) is 3. The summed E-state index contributed by atoms with van der Waals surface area (Å²) in [4.78, 5) is 5.36. The monoisotopic (exact) mass is 223 g/mol. The Kier molecular flexibility index (Phi) is 3.46. The van der Waals surface area contributed by atoms with E-state index in [0.29, 0.717) is 0 Å². The highest BCUT2D eigenvalue weighted by molar-refractivity contribution is 4.82. The first-order valence-electron chi connectivity index (χ1n) is 7.05. The molecule has 3 nitrogen and oxygen atoms in total. The van der Waals surface area contributed by atoms with Gasteiger partial charge in [0.1, 0.15) is 0 Å². The highest BCUT2D eigenvalue weighted by atomic mass is 15.3. The fraction of sp³-hybridized carbons (Fsp3) is 1.00. The lowest BCUT2D eigenvalue weighted by molar-refractivity contribution is 0.117. The molecule has 1 saturated carbocycles. The lowest BCUT2D eigenvalue weighted by Gasteiger charge is -2.35. The number of piperazine rings is 1. The van der Waals surface area contributed by atoms with Crippen molar-refractivity contribution in [1.82, 2.24) is 15.1 Å². The molecule has 0 amide bonds. The van der Waals surface area contributed by atoms with Gasteiger partial charge in [0.25, 0.3) is 0 Å². The second kappa shape index (κ2) is 5.03. The molecule has 3 aliphatic rings. The summed E-state index contributed by atoms with van der Waals surface area (Å²) in [5.41, 5.74) is 0. The predicted molar refractivity (Wildman–Crippen MR) is 66.6 cm³/mol. The third kappa shape index (κ3) is 2.96. The molecule has 0 aromatic heterocycles. The molecule has 1 aliphatic carbocycles. The molecule has 2 heterocycles. The van der Waals surface area contributed by atoms with E-state index in [9.17, 15) is 0 Å². The molecule has 3 rings (SSSR count). The van der Waals surface area contributed by atoms with Crippen LogP contribution in [0.2, 0.25) is 0 Å². The van der Waals surface area contributed by atoms with Crippen LogP contribution in [0.1, 0.15) is 19.3 Å². The molecule has 1 atom stereocenters. The molecule has 2 aliphatic heterocycles. The number of nitrogens with zero attached hydrogens (tertiary/aromatic N) is 2. The Morgan fingerprint density at radius 3 is 1.94 bits per heavy atom. The summed E-state index contributed by atoms with van der Waals surface area (Å²) in [6, 6.07) is 0. The molecular formula is C13H25N3. The molecule has 1 unspecified atom stereocenters. The van der Waals surface area contributed by atoms with E-state index in [1.165, 1.54) is 71.6 Å². The zero-order valence-corrected chi connectivity index (χ0v) is 10.3.